The second kappa shape index (κ2) is 6.85. The lowest BCUT2D eigenvalue weighted by atomic mass is 10.1. The van der Waals surface area contributed by atoms with Gasteiger partial charge in [0.1, 0.15) is 0 Å². The summed E-state index contributed by atoms with van der Waals surface area (Å²) in [6.07, 6.45) is -4.83. The first kappa shape index (κ1) is 16.2. The first-order chi connectivity index (χ1) is 8.12. The van der Waals surface area contributed by atoms with Gasteiger partial charge in [-0.1, -0.05) is 23.7 Å². The summed E-state index contributed by atoms with van der Waals surface area (Å²) in [5.74, 6) is -3.10. The average Bonchev–Trinajstić information content (AvgIpc) is 2.15. The average molecular weight is 284 g/mol. The van der Waals surface area contributed by atoms with E-state index in [1.807, 2.05) is 6.07 Å². The van der Waals surface area contributed by atoms with Crippen molar-refractivity contribution in [2.75, 3.05) is 0 Å². The van der Waals surface area contributed by atoms with E-state index in [0.717, 1.165) is 5.56 Å². The lowest BCUT2D eigenvalue weighted by Gasteiger charge is -1.96. The molecular formula is C10H9ClF3NO3. The number of carboxylic acid groups (broad SMARTS) is 1. The number of rotatable bonds is 2. The number of alkyl halides is 3. The van der Waals surface area contributed by atoms with Crippen LogP contribution in [0.4, 0.5) is 13.2 Å². The van der Waals surface area contributed by atoms with Gasteiger partial charge in [0.25, 0.3) is 0 Å². The summed E-state index contributed by atoms with van der Waals surface area (Å²) in [5, 5.41) is 7.75. The second-order valence-corrected chi connectivity index (χ2v) is 3.51. The molecule has 8 heteroatoms. The highest BCUT2D eigenvalue weighted by molar-refractivity contribution is 6.30. The molecule has 1 rings (SSSR count). The zero-order valence-corrected chi connectivity index (χ0v) is 9.63. The molecule has 1 aromatic rings. The predicted molar refractivity (Wildman–Crippen MR) is 58.0 cm³/mol. The van der Waals surface area contributed by atoms with Gasteiger partial charge in [-0.15, -0.1) is 0 Å². The van der Waals surface area contributed by atoms with Gasteiger partial charge < -0.3 is 10.8 Å². The molecule has 0 bridgehead atoms. The molecule has 0 aliphatic carbocycles. The fourth-order valence-corrected chi connectivity index (χ4v) is 1.06. The molecule has 0 aromatic heterocycles. The molecule has 1 amide bonds. The summed E-state index contributed by atoms with van der Waals surface area (Å²) in [7, 11) is 0. The zero-order valence-electron chi connectivity index (χ0n) is 8.87. The number of carboxylic acids is 1. The lowest BCUT2D eigenvalue weighted by Crippen LogP contribution is -2.21. The van der Waals surface area contributed by atoms with Gasteiger partial charge in [0.15, 0.2) is 0 Å². The van der Waals surface area contributed by atoms with E-state index >= 15 is 0 Å². The van der Waals surface area contributed by atoms with Crippen LogP contribution in [0.1, 0.15) is 5.56 Å². The van der Waals surface area contributed by atoms with Crippen molar-refractivity contribution in [3.8, 4) is 0 Å². The lowest BCUT2D eigenvalue weighted by molar-refractivity contribution is -0.192. The molecule has 4 nitrogen and oxygen atoms in total. The monoisotopic (exact) mass is 283 g/mol. The van der Waals surface area contributed by atoms with Crippen LogP contribution in [0.25, 0.3) is 0 Å². The molecule has 100 valence electrons. The minimum atomic E-state index is -5.08. The Balaban J connectivity index is 0.000000360. The minimum Gasteiger partial charge on any atom is -0.475 e. The molecule has 0 spiro atoms. The number of carbonyl (C=O) groups excluding carboxylic acids is 1. The number of nitrogens with two attached hydrogens (primary N) is 1. The van der Waals surface area contributed by atoms with Crippen molar-refractivity contribution >= 4 is 23.5 Å². The van der Waals surface area contributed by atoms with E-state index in [4.69, 9.17) is 27.2 Å². The predicted octanol–water partition coefficient (Wildman–Crippen LogP) is 2.00. The van der Waals surface area contributed by atoms with Crippen LogP contribution >= 0.6 is 11.6 Å². The SMILES string of the molecule is NC(=O)Cc1cccc(Cl)c1.O=C(O)C(F)(F)F. The fourth-order valence-electron chi connectivity index (χ4n) is 0.848. The Morgan fingerprint density at radius 1 is 1.33 bits per heavy atom. The number of primary amides is 1. The van der Waals surface area contributed by atoms with Crippen LogP contribution in [0.15, 0.2) is 24.3 Å². The summed E-state index contributed by atoms with van der Waals surface area (Å²) in [5.41, 5.74) is 5.84. The Morgan fingerprint density at radius 3 is 2.17 bits per heavy atom. The maximum absolute atomic E-state index is 10.6. The van der Waals surface area contributed by atoms with Crippen LogP contribution in [0.3, 0.4) is 0 Å². The van der Waals surface area contributed by atoms with Crippen molar-refractivity contribution in [1.29, 1.82) is 0 Å². The number of carbonyl (C=O) groups is 2. The molecule has 0 aliphatic heterocycles. The molecule has 0 unspecified atom stereocenters. The van der Waals surface area contributed by atoms with E-state index in [1.165, 1.54) is 0 Å². The molecule has 0 radical (unpaired) electrons. The topological polar surface area (TPSA) is 80.4 Å². The molecule has 0 fully saturated rings. The molecule has 0 saturated carbocycles. The van der Waals surface area contributed by atoms with Gasteiger partial charge in [0.05, 0.1) is 6.42 Å². The van der Waals surface area contributed by atoms with Crippen molar-refractivity contribution in [2.45, 2.75) is 12.6 Å². The van der Waals surface area contributed by atoms with Crippen LogP contribution < -0.4 is 5.73 Å². The molecule has 0 atom stereocenters. The Labute approximate surface area is 105 Å². The molecule has 1 aromatic carbocycles. The molecule has 3 N–H and O–H groups in total. The third kappa shape index (κ3) is 7.50. The van der Waals surface area contributed by atoms with E-state index in [1.54, 1.807) is 18.2 Å². The van der Waals surface area contributed by atoms with Gasteiger partial charge in [-0.25, -0.2) is 4.79 Å². The Kier molecular flexibility index (Phi) is 6.18. The van der Waals surface area contributed by atoms with Crippen LogP contribution in [0.5, 0.6) is 0 Å². The van der Waals surface area contributed by atoms with E-state index in [2.05, 4.69) is 0 Å². The summed E-state index contributed by atoms with van der Waals surface area (Å²) >= 11 is 5.68. The van der Waals surface area contributed by atoms with Crippen molar-refractivity contribution in [3.63, 3.8) is 0 Å². The van der Waals surface area contributed by atoms with Gasteiger partial charge >= 0.3 is 12.1 Å². The molecule has 0 saturated heterocycles. The second-order valence-electron chi connectivity index (χ2n) is 3.08. The maximum Gasteiger partial charge on any atom is 0.490 e. The number of hydrogen-bond acceptors (Lipinski definition) is 2. The zero-order chi connectivity index (χ0) is 14.3. The third-order valence-electron chi connectivity index (χ3n) is 1.51. The van der Waals surface area contributed by atoms with Gasteiger partial charge in [-0.05, 0) is 17.7 Å². The Hall–Kier alpha value is -1.76. The first-order valence-corrected chi connectivity index (χ1v) is 4.83. The van der Waals surface area contributed by atoms with Crippen molar-refractivity contribution in [3.05, 3.63) is 34.9 Å². The maximum atomic E-state index is 10.6. The largest absolute Gasteiger partial charge is 0.490 e. The van der Waals surface area contributed by atoms with Crippen molar-refractivity contribution in [2.24, 2.45) is 5.73 Å². The summed E-state index contributed by atoms with van der Waals surface area (Å²) in [6.45, 7) is 0. The third-order valence-corrected chi connectivity index (χ3v) is 1.74. The highest BCUT2D eigenvalue weighted by Crippen LogP contribution is 2.13. The van der Waals surface area contributed by atoms with Gasteiger partial charge in [0.2, 0.25) is 5.91 Å². The van der Waals surface area contributed by atoms with Gasteiger partial charge in [-0.2, -0.15) is 13.2 Å². The molecule has 0 heterocycles. The summed E-state index contributed by atoms with van der Waals surface area (Å²) < 4.78 is 31.7. The normalized spacial score (nSPS) is 10.2. The summed E-state index contributed by atoms with van der Waals surface area (Å²) in [4.78, 5) is 19.4. The van der Waals surface area contributed by atoms with Crippen LogP contribution in [-0.4, -0.2) is 23.2 Å². The van der Waals surface area contributed by atoms with E-state index in [0.29, 0.717) is 5.02 Å². The van der Waals surface area contributed by atoms with E-state index in [-0.39, 0.29) is 12.3 Å². The number of amides is 1. The van der Waals surface area contributed by atoms with Crippen LogP contribution in [0, 0.1) is 0 Å². The van der Waals surface area contributed by atoms with Crippen molar-refractivity contribution in [1.82, 2.24) is 0 Å². The number of aliphatic carboxylic acids is 1. The van der Waals surface area contributed by atoms with Gasteiger partial charge in [-0.3, -0.25) is 4.79 Å². The summed E-state index contributed by atoms with van der Waals surface area (Å²) in [6, 6.07) is 7.09. The quantitative estimate of drug-likeness (QED) is 0.871. The molecule has 18 heavy (non-hydrogen) atoms. The standard InChI is InChI=1S/C8H8ClNO.C2HF3O2/c9-7-3-1-2-6(4-7)5-8(10)11;3-2(4,5)1(6)7/h1-4H,5H2,(H2,10,11);(H,6,7). The van der Waals surface area contributed by atoms with Crippen LogP contribution in [0.2, 0.25) is 5.02 Å². The Morgan fingerprint density at radius 2 is 1.83 bits per heavy atom. The first-order valence-electron chi connectivity index (χ1n) is 4.45. The minimum absolute atomic E-state index is 0.251. The van der Waals surface area contributed by atoms with Crippen molar-refractivity contribution < 1.29 is 27.9 Å². The van der Waals surface area contributed by atoms with Gasteiger partial charge in [0, 0.05) is 5.02 Å². The Bertz CT molecular complexity index is 435. The highest BCUT2D eigenvalue weighted by atomic mass is 35.5. The number of halogens is 4. The van der Waals surface area contributed by atoms with E-state index < -0.39 is 12.1 Å². The van der Waals surface area contributed by atoms with Crippen LogP contribution in [-0.2, 0) is 16.0 Å². The smallest absolute Gasteiger partial charge is 0.475 e. The number of hydrogen-bond donors (Lipinski definition) is 2. The highest BCUT2D eigenvalue weighted by Gasteiger charge is 2.38. The fraction of sp³-hybridized carbons (Fsp3) is 0.200. The molecular weight excluding hydrogens is 275 g/mol. The number of benzene rings is 1. The molecule has 0 aliphatic rings. The van der Waals surface area contributed by atoms with E-state index in [9.17, 15) is 18.0 Å².